The van der Waals surface area contributed by atoms with Crippen molar-refractivity contribution >= 4 is 23.2 Å². The maximum atomic E-state index is 13.2. The van der Waals surface area contributed by atoms with Gasteiger partial charge in [0, 0.05) is 11.6 Å². The third kappa shape index (κ3) is 2.82. The smallest absolute Gasteiger partial charge is 0.262 e. The Labute approximate surface area is 146 Å². The largest absolute Gasteiger partial charge is 0.496 e. The fourth-order valence-corrected chi connectivity index (χ4v) is 3.39. The van der Waals surface area contributed by atoms with Crippen molar-refractivity contribution in [2.45, 2.75) is 19.8 Å². The SMILES string of the molecule is COc1ccc(Cl)cc1C(=O)N1CCCc2c(C)ccc(OC)c21. The molecular formula is C19H20ClNO3. The second-order valence-corrected chi connectivity index (χ2v) is 6.25. The van der Waals surface area contributed by atoms with Crippen molar-refractivity contribution in [3.8, 4) is 11.5 Å². The quantitative estimate of drug-likeness (QED) is 0.834. The molecule has 0 bridgehead atoms. The van der Waals surface area contributed by atoms with Gasteiger partial charge in [0.15, 0.2) is 0 Å². The second-order valence-electron chi connectivity index (χ2n) is 5.82. The van der Waals surface area contributed by atoms with Crippen LogP contribution in [0.4, 0.5) is 5.69 Å². The maximum absolute atomic E-state index is 13.2. The van der Waals surface area contributed by atoms with E-state index in [9.17, 15) is 4.79 Å². The number of methoxy groups -OCH3 is 2. The van der Waals surface area contributed by atoms with Gasteiger partial charge in [-0.2, -0.15) is 0 Å². The molecule has 24 heavy (non-hydrogen) atoms. The summed E-state index contributed by atoms with van der Waals surface area (Å²) in [6.45, 7) is 2.70. The molecule has 0 aromatic heterocycles. The van der Waals surface area contributed by atoms with Crippen molar-refractivity contribution in [2.75, 3.05) is 25.7 Å². The van der Waals surface area contributed by atoms with E-state index >= 15 is 0 Å². The third-order valence-corrected chi connectivity index (χ3v) is 4.65. The molecule has 2 aromatic carbocycles. The minimum Gasteiger partial charge on any atom is -0.496 e. The number of amides is 1. The highest BCUT2D eigenvalue weighted by atomic mass is 35.5. The van der Waals surface area contributed by atoms with Crippen LogP contribution >= 0.6 is 11.6 Å². The van der Waals surface area contributed by atoms with Crippen molar-refractivity contribution in [3.63, 3.8) is 0 Å². The minimum absolute atomic E-state index is 0.126. The van der Waals surface area contributed by atoms with Gasteiger partial charge in [0.2, 0.25) is 0 Å². The molecule has 0 aliphatic carbocycles. The molecule has 1 heterocycles. The standard InChI is InChI=1S/C19H20ClNO3/c1-12-6-8-17(24-3)18-14(12)5-4-10-21(18)19(22)15-11-13(20)7-9-16(15)23-2/h6-9,11H,4-5,10H2,1-3H3. The molecule has 2 aromatic rings. The molecule has 0 spiro atoms. The van der Waals surface area contributed by atoms with E-state index in [4.69, 9.17) is 21.1 Å². The molecule has 5 heteroatoms. The number of carbonyl (C=O) groups is 1. The molecular weight excluding hydrogens is 326 g/mol. The Balaban J connectivity index is 2.11. The number of anilines is 1. The maximum Gasteiger partial charge on any atom is 0.262 e. The number of aryl methyl sites for hydroxylation is 1. The Morgan fingerprint density at radius 1 is 1.12 bits per heavy atom. The van der Waals surface area contributed by atoms with Crippen LogP contribution in [0.5, 0.6) is 11.5 Å². The predicted octanol–water partition coefficient (Wildman–Crippen LogP) is 4.26. The Bertz CT molecular complexity index is 788. The first-order chi connectivity index (χ1) is 11.6. The highest BCUT2D eigenvalue weighted by Crippen LogP contribution is 2.39. The fraction of sp³-hybridized carbons (Fsp3) is 0.316. The molecule has 0 atom stereocenters. The van der Waals surface area contributed by atoms with Gasteiger partial charge in [0.1, 0.15) is 11.5 Å². The van der Waals surface area contributed by atoms with Crippen LogP contribution in [0.25, 0.3) is 0 Å². The van der Waals surface area contributed by atoms with Gasteiger partial charge < -0.3 is 14.4 Å². The van der Waals surface area contributed by atoms with E-state index in [1.807, 2.05) is 12.1 Å². The zero-order chi connectivity index (χ0) is 17.3. The number of benzene rings is 2. The zero-order valence-electron chi connectivity index (χ0n) is 14.1. The minimum atomic E-state index is -0.126. The molecule has 0 saturated heterocycles. The molecule has 3 rings (SSSR count). The van der Waals surface area contributed by atoms with Crippen LogP contribution in [0.2, 0.25) is 5.02 Å². The fourth-order valence-electron chi connectivity index (χ4n) is 3.21. The summed E-state index contributed by atoms with van der Waals surface area (Å²) in [5.74, 6) is 1.10. The lowest BCUT2D eigenvalue weighted by Gasteiger charge is -2.32. The number of halogens is 1. The first-order valence-corrected chi connectivity index (χ1v) is 8.26. The van der Waals surface area contributed by atoms with Gasteiger partial charge in [0.25, 0.3) is 5.91 Å². The van der Waals surface area contributed by atoms with Crippen molar-refractivity contribution in [2.24, 2.45) is 0 Å². The van der Waals surface area contributed by atoms with Gasteiger partial charge in [-0.15, -0.1) is 0 Å². The molecule has 0 radical (unpaired) electrons. The van der Waals surface area contributed by atoms with Crippen LogP contribution in [0.3, 0.4) is 0 Å². The summed E-state index contributed by atoms with van der Waals surface area (Å²) in [5.41, 5.74) is 3.65. The normalized spacial score (nSPS) is 13.4. The molecule has 0 fully saturated rings. The number of nitrogens with zero attached hydrogens (tertiary/aromatic N) is 1. The number of fused-ring (bicyclic) bond motifs is 1. The Hall–Kier alpha value is -2.20. The summed E-state index contributed by atoms with van der Waals surface area (Å²) in [6, 6.07) is 9.03. The molecule has 1 amide bonds. The second kappa shape index (κ2) is 6.73. The van der Waals surface area contributed by atoms with Crippen molar-refractivity contribution < 1.29 is 14.3 Å². The molecule has 0 saturated carbocycles. The van der Waals surface area contributed by atoms with Gasteiger partial charge in [-0.1, -0.05) is 17.7 Å². The van der Waals surface area contributed by atoms with Crippen molar-refractivity contribution in [1.82, 2.24) is 0 Å². The lowest BCUT2D eigenvalue weighted by atomic mass is 9.95. The number of ether oxygens (including phenoxy) is 2. The van der Waals surface area contributed by atoms with Crippen LogP contribution in [-0.2, 0) is 6.42 Å². The highest BCUT2D eigenvalue weighted by molar-refractivity contribution is 6.31. The van der Waals surface area contributed by atoms with Crippen LogP contribution in [0.15, 0.2) is 30.3 Å². The van der Waals surface area contributed by atoms with Gasteiger partial charge in [-0.05, 0) is 55.2 Å². The number of hydrogen-bond acceptors (Lipinski definition) is 3. The van der Waals surface area contributed by atoms with E-state index < -0.39 is 0 Å². The lowest BCUT2D eigenvalue weighted by molar-refractivity contribution is 0.0981. The first kappa shape index (κ1) is 16.7. The number of carbonyl (C=O) groups excluding carboxylic acids is 1. The third-order valence-electron chi connectivity index (χ3n) is 4.42. The molecule has 0 unspecified atom stereocenters. The van der Waals surface area contributed by atoms with Crippen molar-refractivity contribution in [1.29, 1.82) is 0 Å². The van der Waals surface area contributed by atoms with Gasteiger partial charge in [0.05, 0.1) is 25.5 Å². The van der Waals surface area contributed by atoms with E-state index in [2.05, 4.69) is 6.92 Å². The molecule has 1 aliphatic rings. The van der Waals surface area contributed by atoms with E-state index in [1.165, 1.54) is 5.56 Å². The molecule has 126 valence electrons. The lowest BCUT2D eigenvalue weighted by Crippen LogP contribution is -2.36. The Morgan fingerprint density at radius 2 is 1.83 bits per heavy atom. The summed E-state index contributed by atoms with van der Waals surface area (Å²) < 4.78 is 10.9. The summed E-state index contributed by atoms with van der Waals surface area (Å²) in [5, 5.41) is 0.507. The topological polar surface area (TPSA) is 38.8 Å². The van der Waals surface area contributed by atoms with Crippen molar-refractivity contribution in [3.05, 3.63) is 52.0 Å². The average Bonchev–Trinajstić information content (AvgIpc) is 2.61. The summed E-state index contributed by atoms with van der Waals surface area (Å²) >= 11 is 6.09. The Kier molecular flexibility index (Phi) is 4.67. The van der Waals surface area contributed by atoms with Crippen LogP contribution in [0, 0.1) is 6.92 Å². The van der Waals surface area contributed by atoms with E-state index in [-0.39, 0.29) is 5.91 Å². The van der Waals surface area contributed by atoms with Crippen LogP contribution in [-0.4, -0.2) is 26.7 Å². The van der Waals surface area contributed by atoms with Crippen LogP contribution < -0.4 is 14.4 Å². The van der Waals surface area contributed by atoms with E-state index in [0.717, 1.165) is 24.1 Å². The predicted molar refractivity (Wildman–Crippen MR) is 95.7 cm³/mol. The number of hydrogen-bond donors (Lipinski definition) is 0. The molecule has 1 aliphatic heterocycles. The first-order valence-electron chi connectivity index (χ1n) is 7.88. The summed E-state index contributed by atoms with van der Waals surface area (Å²) in [4.78, 5) is 15.0. The summed E-state index contributed by atoms with van der Waals surface area (Å²) in [7, 11) is 3.18. The highest BCUT2D eigenvalue weighted by Gasteiger charge is 2.29. The number of rotatable bonds is 3. The zero-order valence-corrected chi connectivity index (χ0v) is 14.8. The van der Waals surface area contributed by atoms with Gasteiger partial charge in [-0.25, -0.2) is 0 Å². The summed E-state index contributed by atoms with van der Waals surface area (Å²) in [6.07, 6.45) is 1.85. The van der Waals surface area contributed by atoms with Gasteiger partial charge in [-0.3, -0.25) is 4.79 Å². The van der Waals surface area contributed by atoms with E-state index in [0.29, 0.717) is 28.6 Å². The average molecular weight is 346 g/mol. The molecule has 4 nitrogen and oxygen atoms in total. The Morgan fingerprint density at radius 3 is 2.54 bits per heavy atom. The van der Waals surface area contributed by atoms with Crippen LogP contribution in [0.1, 0.15) is 27.9 Å². The monoisotopic (exact) mass is 345 g/mol. The molecule has 0 N–H and O–H groups in total. The van der Waals surface area contributed by atoms with Gasteiger partial charge >= 0.3 is 0 Å². The van der Waals surface area contributed by atoms with E-state index in [1.54, 1.807) is 37.3 Å².